The van der Waals surface area contributed by atoms with Gasteiger partial charge in [-0.15, -0.1) is 0 Å². The van der Waals surface area contributed by atoms with E-state index in [0.29, 0.717) is 35.4 Å². The van der Waals surface area contributed by atoms with E-state index in [1.807, 2.05) is 0 Å². The van der Waals surface area contributed by atoms with Crippen LogP contribution in [-0.4, -0.2) is 58.2 Å². The van der Waals surface area contributed by atoms with Gasteiger partial charge in [-0.2, -0.15) is 5.10 Å². The van der Waals surface area contributed by atoms with E-state index in [9.17, 15) is 22.8 Å². The Hall–Kier alpha value is -3.56. The van der Waals surface area contributed by atoms with Gasteiger partial charge in [-0.1, -0.05) is 18.2 Å². The largest absolute Gasteiger partial charge is 0.352 e. The molecule has 1 saturated carbocycles. The minimum absolute atomic E-state index is 0.193. The number of hydrogen-bond donors (Lipinski definition) is 1. The fraction of sp³-hybridized carbons (Fsp3) is 0.348. The molecule has 10 heteroatoms. The highest BCUT2D eigenvalue weighted by atomic mass is 19.3. The molecule has 3 amide bonds. The molecule has 1 atom stereocenters. The van der Waals surface area contributed by atoms with Crippen LogP contribution in [0.4, 0.5) is 23.7 Å². The van der Waals surface area contributed by atoms with E-state index in [0.717, 1.165) is 0 Å². The molecule has 33 heavy (non-hydrogen) atoms. The molecule has 2 heterocycles. The van der Waals surface area contributed by atoms with Gasteiger partial charge in [-0.3, -0.25) is 9.69 Å². The van der Waals surface area contributed by atoms with Crippen molar-refractivity contribution in [2.45, 2.75) is 31.2 Å². The highest BCUT2D eigenvalue weighted by Gasteiger charge is 2.40. The summed E-state index contributed by atoms with van der Waals surface area (Å²) in [5.74, 6) is -3.61. The van der Waals surface area contributed by atoms with Gasteiger partial charge in [0.2, 0.25) is 11.8 Å². The fourth-order valence-electron chi connectivity index (χ4n) is 4.56. The number of alkyl halides is 2. The summed E-state index contributed by atoms with van der Waals surface area (Å²) < 4.78 is 42.5. The lowest BCUT2D eigenvalue weighted by atomic mass is 10.2. The van der Waals surface area contributed by atoms with Crippen molar-refractivity contribution >= 4 is 28.5 Å². The minimum Gasteiger partial charge on any atom is -0.352 e. The molecule has 0 bridgehead atoms. The second-order valence-electron chi connectivity index (χ2n) is 8.44. The number of nitrogens with one attached hydrogen (secondary N) is 1. The molecule has 0 radical (unpaired) electrons. The zero-order chi connectivity index (χ0) is 23.2. The molecule has 2 aromatic carbocycles. The van der Waals surface area contributed by atoms with E-state index in [1.165, 1.54) is 15.6 Å². The molecule has 5 rings (SSSR count). The number of amides is 3. The number of urea groups is 1. The lowest BCUT2D eigenvalue weighted by Gasteiger charge is -2.20. The van der Waals surface area contributed by atoms with Crippen LogP contribution in [0.3, 0.4) is 0 Å². The maximum atomic E-state index is 14.3. The fourth-order valence-corrected chi connectivity index (χ4v) is 4.56. The summed E-state index contributed by atoms with van der Waals surface area (Å²) in [6.07, 6.45) is 1.21. The minimum atomic E-state index is -2.75. The third kappa shape index (κ3) is 4.01. The highest BCUT2D eigenvalue weighted by molar-refractivity contribution is 6.04. The van der Waals surface area contributed by atoms with Crippen LogP contribution in [0.5, 0.6) is 0 Å². The Kier molecular flexibility index (Phi) is 5.22. The summed E-state index contributed by atoms with van der Waals surface area (Å²) in [7, 11) is 0. The summed E-state index contributed by atoms with van der Waals surface area (Å²) >= 11 is 0. The number of carbonyl (C=O) groups is 2. The molecule has 172 valence electrons. The molecule has 1 unspecified atom stereocenters. The van der Waals surface area contributed by atoms with E-state index in [-0.39, 0.29) is 31.8 Å². The molecule has 7 nitrogen and oxygen atoms in total. The maximum absolute atomic E-state index is 14.3. The number of anilines is 1. The first-order chi connectivity index (χ1) is 15.8. The summed E-state index contributed by atoms with van der Waals surface area (Å²) in [4.78, 5) is 28.3. The van der Waals surface area contributed by atoms with Gasteiger partial charge in [0.05, 0.1) is 17.4 Å². The number of para-hydroxylation sites is 1. The van der Waals surface area contributed by atoms with Gasteiger partial charge in [-0.05, 0) is 30.7 Å². The Morgan fingerprint density at radius 2 is 1.91 bits per heavy atom. The van der Waals surface area contributed by atoms with E-state index in [1.54, 1.807) is 47.5 Å². The summed E-state index contributed by atoms with van der Waals surface area (Å²) in [6, 6.07) is 10.7. The van der Waals surface area contributed by atoms with Crippen LogP contribution in [-0.2, 0) is 4.79 Å². The molecular formula is C23H22F3N5O2. The van der Waals surface area contributed by atoms with Crippen molar-refractivity contribution in [1.29, 1.82) is 0 Å². The van der Waals surface area contributed by atoms with Crippen molar-refractivity contribution in [1.82, 2.24) is 20.0 Å². The number of nitrogens with zero attached hydrogens (tertiary/aromatic N) is 4. The van der Waals surface area contributed by atoms with Crippen molar-refractivity contribution in [3.63, 3.8) is 0 Å². The van der Waals surface area contributed by atoms with Gasteiger partial charge < -0.3 is 10.2 Å². The SMILES string of the molecule is O=C(CN1CCN(c2cccc3c2cnn3-c2ccccc2F)C1=O)NC1CCC(F)(F)C1. The number of benzene rings is 2. The van der Waals surface area contributed by atoms with Gasteiger partial charge in [0.1, 0.15) is 18.0 Å². The van der Waals surface area contributed by atoms with Crippen molar-refractivity contribution in [2.75, 3.05) is 24.5 Å². The molecule has 1 N–H and O–H groups in total. The molecule has 1 aliphatic heterocycles. The van der Waals surface area contributed by atoms with Gasteiger partial charge in [0.15, 0.2) is 0 Å². The first-order valence-corrected chi connectivity index (χ1v) is 10.8. The Morgan fingerprint density at radius 3 is 2.67 bits per heavy atom. The lowest BCUT2D eigenvalue weighted by molar-refractivity contribution is -0.122. The van der Waals surface area contributed by atoms with Gasteiger partial charge in [0.25, 0.3) is 0 Å². The second kappa shape index (κ2) is 8.09. The summed E-state index contributed by atoms with van der Waals surface area (Å²) in [5.41, 5.74) is 1.55. The normalized spacial score (nSPS) is 20.1. The topological polar surface area (TPSA) is 70.5 Å². The smallest absolute Gasteiger partial charge is 0.325 e. The molecule has 1 aromatic heterocycles. The highest BCUT2D eigenvalue weighted by Crippen LogP contribution is 2.35. The molecule has 2 fully saturated rings. The predicted octanol–water partition coefficient (Wildman–Crippen LogP) is 3.71. The molecule has 3 aromatic rings. The van der Waals surface area contributed by atoms with Crippen molar-refractivity contribution in [3.8, 4) is 5.69 Å². The van der Waals surface area contributed by atoms with Crippen LogP contribution in [0.1, 0.15) is 19.3 Å². The number of hydrogen-bond acceptors (Lipinski definition) is 3. The summed E-state index contributed by atoms with van der Waals surface area (Å²) in [6.45, 7) is 0.490. The first-order valence-electron chi connectivity index (χ1n) is 10.8. The number of fused-ring (bicyclic) bond motifs is 1. The molecule has 1 saturated heterocycles. The van der Waals surface area contributed by atoms with Gasteiger partial charge in [0, 0.05) is 37.4 Å². The molecule has 1 aliphatic carbocycles. The Labute approximate surface area is 187 Å². The second-order valence-corrected chi connectivity index (χ2v) is 8.44. The Morgan fingerprint density at radius 1 is 1.12 bits per heavy atom. The molecule has 2 aliphatic rings. The van der Waals surface area contributed by atoms with Crippen LogP contribution in [0.15, 0.2) is 48.7 Å². The average molecular weight is 457 g/mol. The van der Waals surface area contributed by atoms with Gasteiger partial charge >= 0.3 is 6.03 Å². The number of carbonyl (C=O) groups excluding carboxylic acids is 2. The van der Waals surface area contributed by atoms with Crippen LogP contribution in [0.25, 0.3) is 16.6 Å². The van der Waals surface area contributed by atoms with Crippen LogP contribution in [0, 0.1) is 5.82 Å². The number of rotatable bonds is 5. The Bertz CT molecular complexity index is 1230. The van der Waals surface area contributed by atoms with Crippen molar-refractivity contribution in [2.24, 2.45) is 0 Å². The number of halogens is 3. The summed E-state index contributed by atoms with van der Waals surface area (Å²) in [5, 5.41) is 7.61. The average Bonchev–Trinajstić information content (AvgIpc) is 3.46. The predicted molar refractivity (Wildman–Crippen MR) is 116 cm³/mol. The zero-order valence-corrected chi connectivity index (χ0v) is 17.7. The van der Waals surface area contributed by atoms with Crippen LogP contribution >= 0.6 is 0 Å². The molecule has 0 spiro atoms. The molecular weight excluding hydrogens is 435 g/mol. The van der Waals surface area contributed by atoms with E-state index in [2.05, 4.69) is 10.4 Å². The van der Waals surface area contributed by atoms with Crippen molar-refractivity contribution < 1.29 is 22.8 Å². The van der Waals surface area contributed by atoms with Crippen molar-refractivity contribution in [3.05, 3.63) is 54.5 Å². The monoisotopic (exact) mass is 457 g/mol. The third-order valence-electron chi connectivity index (χ3n) is 6.16. The number of aromatic nitrogens is 2. The Balaban J connectivity index is 1.32. The van der Waals surface area contributed by atoms with Crippen LogP contribution < -0.4 is 10.2 Å². The standard InChI is InChI=1S/C23H22F3N5O2/c24-17-4-1-2-5-20(17)31-19-7-3-6-18(16(19)13-27-31)30-11-10-29(22(30)33)14-21(32)28-15-8-9-23(25,26)12-15/h1-7,13,15H,8-12,14H2,(H,28,32). The third-order valence-corrected chi connectivity index (χ3v) is 6.16. The van der Waals surface area contributed by atoms with E-state index < -0.39 is 23.7 Å². The lowest BCUT2D eigenvalue weighted by Crippen LogP contribution is -2.43. The van der Waals surface area contributed by atoms with E-state index >= 15 is 0 Å². The van der Waals surface area contributed by atoms with Crippen LogP contribution in [0.2, 0.25) is 0 Å². The van der Waals surface area contributed by atoms with E-state index in [4.69, 9.17) is 0 Å². The van der Waals surface area contributed by atoms with Gasteiger partial charge in [-0.25, -0.2) is 22.6 Å². The maximum Gasteiger partial charge on any atom is 0.325 e. The first kappa shape index (κ1) is 21.3. The quantitative estimate of drug-likeness (QED) is 0.635. The zero-order valence-electron chi connectivity index (χ0n) is 17.7.